The number of carbonyl (C=O) groups excluding carboxylic acids is 1. The Balaban J connectivity index is 1.63. The molecule has 1 aliphatic rings. The summed E-state index contributed by atoms with van der Waals surface area (Å²) in [6, 6.07) is 9.97. The van der Waals surface area contributed by atoms with Gasteiger partial charge in [0.25, 0.3) is 5.91 Å². The summed E-state index contributed by atoms with van der Waals surface area (Å²) >= 11 is 0. The van der Waals surface area contributed by atoms with E-state index in [0.29, 0.717) is 25.1 Å². The van der Waals surface area contributed by atoms with Crippen molar-refractivity contribution in [1.82, 2.24) is 14.5 Å². The number of hydrogen-bond acceptors (Lipinski definition) is 4. The molecule has 1 amide bonds. The number of imidazole rings is 1. The lowest BCUT2D eigenvalue weighted by Gasteiger charge is -2.10. The van der Waals surface area contributed by atoms with Gasteiger partial charge in [0.05, 0.1) is 24.3 Å². The molecule has 0 atom stereocenters. The lowest BCUT2D eigenvalue weighted by Crippen LogP contribution is -2.14. The van der Waals surface area contributed by atoms with Crippen molar-refractivity contribution in [1.29, 1.82) is 0 Å². The summed E-state index contributed by atoms with van der Waals surface area (Å²) in [4.78, 5) is 20.2. The van der Waals surface area contributed by atoms with Gasteiger partial charge in [-0.25, -0.2) is 9.97 Å². The second-order valence-electron chi connectivity index (χ2n) is 6.20. The van der Waals surface area contributed by atoms with Crippen molar-refractivity contribution in [3.8, 4) is 17.0 Å². The molecule has 0 unspecified atom stereocenters. The molecule has 1 aromatic carbocycles. The van der Waals surface area contributed by atoms with Crippen LogP contribution in [0.1, 0.15) is 27.3 Å². The quantitative estimate of drug-likeness (QED) is 0.792. The SMILES string of the molecule is Cn1cnc(-c2ccc(Cc3cc(C(N)=O)nc4c3OCC4)cc2)c1. The van der Waals surface area contributed by atoms with E-state index in [-0.39, 0.29) is 0 Å². The van der Waals surface area contributed by atoms with Crippen molar-refractivity contribution in [2.24, 2.45) is 12.8 Å². The summed E-state index contributed by atoms with van der Waals surface area (Å²) in [5, 5.41) is 0. The predicted octanol–water partition coefficient (Wildman–Crippen LogP) is 2.11. The Morgan fingerprint density at radius 3 is 2.80 bits per heavy atom. The lowest BCUT2D eigenvalue weighted by atomic mass is 10.0. The van der Waals surface area contributed by atoms with Gasteiger partial charge in [-0.2, -0.15) is 0 Å². The number of aromatic nitrogens is 3. The maximum Gasteiger partial charge on any atom is 0.267 e. The van der Waals surface area contributed by atoms with Crippen LogP contribution >= 0.6 is 0 Å². The first kappa shape index (κ1) is 15.4. The molecule has 3 aromatic rings. The predicted molar refractivity (Wildman–Crippen MR) is 93.4 cm³/mol. The van der Waals surface area contributed by atoms with Gasteiger partial charge in [0.2, 0.25) is 0 Å². The fraction of sp³-hybridized carbons (Fsp3) is 0.211. The van der Waals surface area contributed by atoms with E-state index in [9.17, 15) is 4.79 Å². The Bertz CT molecular complexity index is 945. The standard InChI is InChI=1S/C19H18N4O2/c1-23-10-17(21-11-23)13-4-2-12(3-5-13)8-14-9-16(19(20)24)22-15-6-7-25-18(14)15/h2-5,9-11H,6-8H2,1H3,(H2,20,24). The van der Waals surface area contributed by atoms with Gasteiger partial charge in [-0.3, -0.25) is 4.79 Å². The van der Waals surface area contributed by atoms with Crippen molar-refractivity contribution in [2.75, 3.05) is 6.61 Å². The van der Waals surface area contributed by atoms with E-state index in [1.165, 1.54) is 0 Å². The van der Waals surface area contributed by atoms with Crippen LogP contribution in [0.2, 0.25) is 0 Å². The summed E-state index contributed by atoms with van der Waals surface area (Å²) in [6.45, 7) is 0.593. The summed E-state index contributed by atoms with van der Waals surface area (Å²) in [6.07, 6.45) is 5.14. The average molecular weight is 334 g/mol. The molecule has 0 aliphatic carbocycles. The molecule has 4 rings (SSSR count). The molecular formula is C19H18N4O2. The summed E-state index contributed by atoms with van der Waals surface area (Å²) in [7, 11) is 1.95. The number of aryl methyl sites for hydroxylation is 1. The molecule has 3 heterocycles. The van der Waals surface area contributed by atoms with Crippen molar-refractivity contribution in [2.45, 2.75) is 12.8 Å². The third-order valence-corrected chi connectivity index (χ3v) is 4.31. The highest BCUT2D eigenvalue weighted by molar-refractivity contribution is 5.91. The molecule has 126 valence electrons. The van der Waals surface area contributed by atoms with Gasteiger partial charge in [-0.1, -0.05) is 24.3 Å². The smallest absolute Gasteiger partial charge is 0.267 e. The fourth-order valence-corrected chi connectivity index (χ4v) is 3.07. The van der Waals surface area contributed by atoms with Crippen LogP contribution in [0.3, 0.4) is 0 Å². The molecule has 1 aliphatic heterocycles. The molecule has 25 heavy (non-hydrogen) atoms. The Morgan fingerprint density at radius 2 is 2.12 bits per heavy atom. The van der Waals surface area contributed by atoms with E-state index >= 15 is 0 Å². The van der Waals surface area contributed by atoms with E-state index in [0.717, 1.165) is 33.8 Å². The van der Waals surface area contributed by atoms with Crippen LogP contribution in [-0.2, 0) is 19.9 Å². The number of nitrogens with two attached hydrogens (primary N) is 1. The second kappa shape index (κ2) is 6.05. The molecule has 0 fully saturated rings. The van der Waals surface area contributed by atoms with Crippen molar-refractivity contribution < 1.29 is 9.53 Å². The minimum atomic E-state index is -0.513. The van der Waals surface area contributed by atoms with Crippen LogP contribution in [0.4, 0.5) is 0 Å². The van der Waals surface area contributed by atoms with Gasteiger partial charge in [-0.05, 0) is 11.6 Å². The molecule has 2 aromatic heterocycles. The van der Waals surface area contributed by atoms with E-state index in [2.05, 4.69) is 34.2 Å². The summed E-state index contributed by atoms with van der Waals surface area (Å²) in [5.41, 5.74) is 10.6. The Kier molecular flexibility index (Phi) is 3.72. The summed E-state index contributed by atoms with van der Waals surface area (Å²) in [5.74, 6) is 0.278. The number of nitrogens with zero attached hydrogens (tertiary/aromatic N) is 3. The van der Waals surface area contributed by atoms with Gasteiger partial charge in [0.15, 0.2) is 0 Å². The average Bonchev–Trinajstić information content (AvgIpc) is 3.24. The molecular weight excluding hydrogens is 316 g/mol. The first-order valence-electron chi connectivity index (χ1n) is 8.13. The molecule has 0 bridgehead atoms. The number of pyridine rings is 1. The minimum Gasteiger partial charge on any atom is -0.491 e. The molecule has 2 N–H and O–H groups in total. The van der Waals surface area contributed by atoms with Gasteiger partial charge in [-0.15, -0.1) is 0 Å². The zero-order valence-corrected chi connectivity index (χ0v) is 13.9. The number of fused-ring (bicyclic) bond motifs is 1. The van der Waals surface area contributed by atoms with Gasteiger partial charge >= 0.3 is 0 Å². The summed E-state index contributed by atoms with van der Waals surface area (Å²) < 4.78 is 7.63. The fourth-order valence-electron chi connectivity index (χ4n) is 3.07. The van der Waals surface area contributed by atoms with E-state index in [1.54, 1.807) is 12.4 Å². The topological polar surface area (TPSA) is 83.0 Å². The normalized spacial score (nSPS) is 12.7. The monoisotopic (exact) mass is 334 g/mol. The lowest BCUT2D eigenvalue weighted by molar-refractivity contribution is 0.0995. The highest BCUT2D eigenvalue weighted by Crippen LogP contribution is 2.31. The number of amides is 1. The largest absolute Gasteiger partial charge is 0.491 e. The van der Waals surface area contributed by atoms with Gasteiger partial charge < -0.3 is 15.0 Å². The number of primary amides is 1. The van der Waals surface area contributed by atoms with Crippen LogP contribution in [-0.4, -0.2) is 27.0 Å². The minimum absolute atomic E-state index is 0.296. The first-order chi connectivity index (χ1) is 12.1. The number of benzene rings is 1. The van der Waals surface area contributed by atoms with Gasteiger partial charge in [0, 0.05) is 37.2 Å². The van der Waals surface area contributed by atoms with Crippen LogP contribution in [0, 0.1) is 0 Å². The second-order valence-corrected chi connectivity index (χ2v) is 6.20. The highest BCUT2D eigenvalue weighted by Gasteiger charge is 2.21. The van der Waals surface area contributed by atoms with E-state index in [4.69, 9.17) is 10.5 Å². The highest BCUT2D eigenvalue weighted by atomic mass is 16.5. The number of ether oxygens (including phenoxy) is 1. The number of carbonyl (C=O) groups is 1. The first-order valence-corrected chi connectivity index (χ1v) is 8.13. The Morgan fingerprint density at radius 1 is 1.32 bits per heavy atom. The van der Waals surface area contributed by atoms with Crippen LogP contribution in [0.5, 0.6) is 5.75 Å². The number of rotatable bonds is 4. The third kappa shape index (κ3) is 2.98. The third-order valence-electron chi connectivity index (χ3n) is 4.31. The maximum atomic E-state index is 11.5. The molecule has 6 heteroatoms. The Hall–Kier alpha value is -3.15. The molecule has 0 saturated carbocycles. The van der Waals surface area contributed by atoms with E-state index < -0.39 is 5.91 Å². The van der Waals surface area contributed by atoms with E-state index in [1.807, 2.05) is 17.8 Å². The van der Waals surface area contributed by atoms with Crippen LogP contribution < -0.4 is 10.5 Å². The maximum absolute atomic E-state index is 11.5. The molecule has 6 nitrogen and oxygen atoms in total. The van der Waals surface area contributed by atoms with Crippen LogP contribution in [0.15, 0.2) is 42.9 Å². The molecule has 0 radical (unpaired) electrons. The van der Waals surface area contributed by atoms with Crippen LogP contribution in [0.25, 0.3) is 11.3 Å². The molecule has 0 saturated heterocycles. The van der Waals surface area contributed by atoms with Crippen molar-refractivity contribution >= 4 is 5.91 Å². The zero-order chi connectivity index (χ0) is 17.4. The zero-order valence-electron chi connectivity index (χ0n) is 13.9. The van der Waals surface area contributed by atoms with Crippen molar-refractivity contribution in [3.05, 3.63) is 65.4 Å². The molecule has 0 spiro atoms. The van der Waals surface area contributed by atoms with Gasteiger partial charge in [0.1, 0.15) is 11.4 Å². The Labute approximate surface area is 145 Å². The number of hydrogen-bond donors (Lipinski definition) is 1. The van der Waals surface area contributed by atoms with Crippen molar-refractivity contribution in [3.63, 3.8) is 0 Å².